The number of phenols is 3. The maximum Gasteiger partial charge on any atom is 0.122 e. The van der Waals surface area contributed by atoms with Gasteiger partial charge in [-0.15, -0.1) is 6.58 Å². The highest BCUT2D eigenvalue weighted by Gasteiger charge is 2.02. The van der Waals surface area contributed by atoms with Crippen LogP contribution in [0.15, 0.2) is 55.1 Å². The van der Waals surface area contributed by atoms with Crippen molar-refractivity contribution in [2.24, 2.45) is 0 Å². The average molecular weight is 288 g/mol. The van der Waals surface area contributed by atoms with Gasteiger partial charge in [0.15, 0.2) is 0 Å². The van der Waals surface area contributed by atoms with E-state index in [1.165, 1.54) is 0 Å². The number of carbonyl (C=O) groups excluding carboxylic acids is 1. The molecule has 0 aliphatic rings. The standard InChI is InChI=1S/C9H10O2.C7H8O.CH2O/c1-2-4-7-8(10)5-3-6-9(7)11;1-6-3-2-4-7(8)5-6;1-2/h2-3,5-6,10-11H,1,4H2;2-5,8H,1H3;1H2. The molecule has 2 aromatic carbocycles. The Morgan fingerprint density at radius 3 is 1.90 bits per heavy atom. The fourth-order valence-electron chi connectivity index (χ4n) is 1.54. The Kier molecular flexibility index (Phi) is 8.77. The molecule has 4 heteroatoms. The van der Waals surface area contributed by atoms with E-state index in [0.29, 0.717) is 17.7 Å². The lowest BCUT2D eigenvalue weighted by Gasteiger charge is -2.02. The lowest BCUT2D eigenvalue weighted by atomic mass is 10.1. The molecule has 0 unspecified atom stereocenters. The van der Waals surface area contributed by atoms with Crippen LogP contribution in [-0.4, -0.2) is 22.1 Å². The normalized spacial score (nSPS) is 8.62. The molecule has 0 bridgehead atoms. The molecule has 0 amide bonds. The van der Waals surface area contributed by atoms with Crippen molar-refractivity contribution in [1.82, 2.24) is 0 Å². The van der Waals surface area contributed by atoms with Crippen molar-refractivity contribution in [2.75, 3.05) is 0 Å². The predicted molar refractivity (Wildman–Crippen MR) is 83.6 cm³/mol. The Morgan fingerprint density at radius 2 is 1.52 bits per heavy atom. The molecule has 4 nitrogen and oxygen atoms in total. The van der Waals surface area contributed by atoms with Crippen LogP contribution in [0.4, 0.5) is 0 Å². The number of hydrogen-bond donors (Lipinski definition) is 3. The summed E-state index contributed by atoms with van der Waals surface area (Å²) in [7, 11) is 0. The summed E-state index contributed by atoms with van der Waals surface area (Å²) in [4.78, 5) is 8.00. The fraction of sp³-hybridized carbons (Fsp3) is 0.118. The van der Waals surface area contributed by atoms with Crippen LogP contribution in [0.25, 0.3) is 0 Å². The molecule has 0 aromatic heterocycles. The van der Waals surface area contributed by atoms with E-state index in [2.05, 4.69) is 6.58 Å². The predicted octanol–water partition coefficient (Wildman–Crippen LogP) is 3.34. The maximum absolute atomic E-state index is 9.21. The summed E-state index contributed by atoms with van der Waals surface area (Å²) in [5, 5.41) is 27.2. The van der Waals surface area contributed by atoms with Gasteiger partial charge in [0.2, 0.25) is 0 Å². The second-order valence-electron chi connectivity index (χ2n) is 4.11. The highest BCUT2D eigenvalue weighted by Crippen LogP contribution is 2.26. The summed E-state index contributed by atoms with van der Waals surface area (Å²) >= 11 is 0. The molecule has 0 saturated heterocycles. The third-order valence-electron chi connectivity index (χ3n) is 2.48. The second-order valence-corrected chi connectivity index (χ2v) is 4.11. The topological polar surface area (TPSA) is 77.8 Å². The van der Waals surface area contributed by atoms with Crippen LogP contribution in [0.5, 0.6) is 17.2 Å². The first-order valence-electron chi connectivity index (χ1n) is 6.19. The maximum atomic E-state index is 9.21. The van der Waals surface area contributed by atoms with E-state index in [1.54, 1.807) is 36.4 Å². The van der Waals surface area contributed by atoms with Crippen molar-refractivity contribution in [3.63, 3.8) is 0 Å². The molecular weight excluding hydrogens is 268 g/mol. The summed E-state index contributed by atoms with van der Waals surface area (Å²) in [6.07, 6.45) is 2.12. The molecule has 0 atom stereocenters. The number of allylic oxidation sites excluding steroid dienone is 1. The number of carbonyl (C=O) groups is 1. The van der Waals surface area contributed by atoms with Crippen LogP contribution in [0.1, 0.15) is 11.1 Å². The van der Waals surface area contributed by atoms with E-state index in [-0.39, 0.29) is 11.5 Å². The first kappa shape index (κ1) is 18.2. The number of benzene rings is 2. The molecule has 2 aromatic rings. The Labute approximate surface area is 124 Å². The first-order chi connectivity index (χ1) is 10.0. The molecule has 0 spiro atoms. The molecule has 0 aliphatic heterocycles. The minimum absolute atomic E-state index is 0.116. The van der Waals surface area contributed by atoms with E-state index in [0.717, 1.165) is 5.56 Å². The third-order valence-corrected chi connectivity index (χ3v) is 2.48. The molecule has 0 heterocycles. The molecule has 0 aliphatic carbocycles. The van der Waals surface area contributed by atoms with Gasteiger partial charge < -0.3 is 20.1 Å². The number of phenolic OH excluding ortho intramolecular Hbond substituents is 3. The minimum Gasteiger partial charge on any atom is -0.508 e. The number of rotatable bonds is 2. The molecular formula is C17H20O4. The molecule has 112 valence electrons. The summed E-state index contributed by atoms with van der Waals surface area (Å²) in [6, 6.07) is 11.8. The van der Waals surface area contributed by atoms with Gasteiger partial charge in [-0.05, 0) is 43.2 Å². The Bertz CT molecular complexity index is 527. The van der Waals surface area contributed by atoms with Crippen molar-refractivity contribution >= 4 is 6.79 Å². The Balaban J connectivity index is 0.000000354. The molecule has 0 fully saturated rings. The van der Waals surface area contributed by atoms with Crippen molar-refractivity contribution < 1.29 is 20.1 Å². The zero-order valence-corrected chi connectivity index (χ0v) is 12.0. The van der Waals surface area contributed by atoms with Gasteiger partial charge in [0.1, 0.15) is 24.0 Å². The lowest BCUT2D eigenvalue weighted by molar-refractivity contribution is -0.0979. The molecule has 0 saturated carbocycles. The van der Waals surface area contributed by atoms with Crippen molar-refractivity contribution in [3.8, 4) is 17.2 Å². The van der Waals surface area contributed by atoms with Crippen LogP contribution < -0.4 is 0 Å². The Morgan fingerprint density at radius 1 is 1.00 bits per heavy atom. The van der Waals surface area contributed by atoms with Crippen LogP contribution in [0.2, 0.25) is 0 Å². The minimum atomic E-state index is 0.116. The number of aromatic hydroxyl groups is 3. The highest BCUT2D eigenvalue weighted by molar-refractivity contribution is 5.43. The number of aryl methyl sites for hydroxylation is 1. The molecule has 2 rings (SSSR count). The van der Waals surface area contributed by atoms with Gasteiger partial charge >= 0.3 is 0 Å². The molecule has 0 radical (unpaired) electrons. The van der Waals surface area contributed by atoms with E-state index in [4.69, 9.17) is 9.90 Å². The quantitative estimate of drug-likeness (QED) is 0.741. The number of hydrogen-bond acceptors (Lipinski definition) is 4. The Hall–Kier alpha value is -2.75. The van der Waals surface area contributed by atoms with E-state index < -0.39 is 0 Å². The summed E-state index contributed by atoms with van der Waals surface area (Å²) in [6.45, 7) is 7.46. The van der Waals surface area contributed by atoms with Gasteiger partial charge in [-0.1, -0.05) is 24.3 Å². The highest BCUT2D eigenvalue weighted by atomic mass is 16.3. The summed E-state index contributed by atoms with van der Waals surface area (Å²) < 4.78 is 0. The van der Waals surface area contributed by atoms with Crippen LogP contribution in [0, 0.1) is 6.92 Å². The van der Waals surface area contributed by atoms with Crippen LogP contribution in [0.3, 0.4) is 0 Å². The summed E-state index contributed by atoms with van der Waals surface area (Å²) in [5.41, 5.74) is 1.62. The third kappa shape index (κ3) is 6.82. The SMILES string of the molecule is C=CCc1c(O)cccc1O.C=O.Cc1cccc(O)c1. The van der Waals surface area contributed by atoms with Crippen molar-refractivity contribution in [2.45, 2.75) is 13.3 Å². The monoisotopic (exact) mass is 288 g/mol. The second kappa shape index (κ2) is 10.1. The van der Waals surface area contributed by atoms with Gasteiger partial charge in [-0.2, -0.15) is 0 Å². The van der Waals surface area contributed by atoms with Gasteiger partial charge in [0, 0.05) is 5.56 Å². The zero-order chi connectivity index (χ0) is 16.3. The largest absolute Gasteiger partial charge is 0.508 e. The first-order valence-corrected chi connectivity index (χ1v) is 6.19. The van der Waals surface area contributed by atoms with Crippen molar-refractivity contribution in [1.29, 1.82) is 0 Å². The smallest absolute Gasteiger partial charge is 0.122 e. The average Bonchev–Trinajstić information content (AvgIpc) is 2.46. The summed E-state index contributed by atoms with van der Waals surface area (Å²) in [5.74, 6) is 0.569. The lowest BCUT2D eigenvalue weighted by Crippen LogP contribution is -1.82. The van der Waals surface area contributed by atoms with Gasteiger partial charge in [0.25, 0.3) is 0 Å². The van der Waals surface area contributed by atoms with E-state index >= 15 is 0 Å². The molecule has 21 heavy (non-hydrogen) atoms. The molecule has 3 N–H and O–H groups in total. The fourth-order valence-corrected chi connectivity index (χ4v) is 1.54. The van der Waals surface area contributed by atoms with E-state index in [9.17, 15) is 10.2 Å². The van der Waals surface area contributed by atoms with E-state index in [1.807, 2.05) is 25.8 Å². The zero-order valence-electron chi connectivity index (χ0n) is 12.0. The van der Waals surface area contributed by atoms with Crippen molar-refractivity contribution in [3.05, 3.63) is 66.2 Å². The van der Waals surface area contributed by atoms with Gasteiger partial charge in [-0.25, -0.2) is 0 Å². The van der Waals surface area contributed by atoms with Gasteiger partial charge in [0.05, 0.1) is 0 Å². The van der Waals surface area contributed by atoms with Crippen LogP contribution in [-0.2, 0) is 11.2 Å². The van der Waals surface area contributed by atoms with Crippen LogP contribution >= 0.6 is 0 Å². The van der Waals surface area contributed by atoms with Gasteiger partial charge in [-0.3, -0.25) is 0 Å².